The number of nitrogens with two attached hydrogens (primary N) is 1. The van der Waals surface area contributed by atoms with Gasteiger partial charge < -0.3 is 5.73 Å². The SMILES string of the molecule is N#C/C(C(N)=O)=C1/S[C@H](Cc2ccccc2)C(=O)N1c1ccc(Cl)cc1. The molecule has 7 heteroatoms. The van der Waals surface area contributed by atoms with E-state index in [9.17, 15) is 14.9 Å². The van der Waals surface area contributed by atoms with E-state index in [1.165, 1.54) is 16.7 Å². The van der Waals surface area contributed by atoms with Crippen LogP contribution in [0.25, 0.3) is 0 Å². The molecule has 1 aliphatic heterocycles. The van der Waals surface area contributed by atoms with Crippen molar-refractivity contribution in [3.05, 3.63) is 75.8 Å². The minimum Gasteiger partial charge on any atom is -0.365 e. The van der Waals surface area contributed by atoms with E-state index in [1.807, 2.05) is 36.4 Å². The molecule has 0 aliphatic carbocycles. The van der Waals surface area contributed by atoms with Crippen LogP contribution in [-0.4, -0.2) is 17.1 Å². The number of anilines is 1. The van der Waals surface area contributed by atoms with Crippen LogP contribution in [0.3, 0.4) is 0 Å². The Hall–Kier alpha value is -2.75. The van der Waals surface area contributed by atoms with Crippen LogP contribution < -0.4 is 10.6 Å². The highest BCUT2D eigenvalue weighted by Gasteiger charge is 2.40. The van der Waals surface area contributed by atoms with E-state index < -0.39 is 11.2 Å². The zero-order valence-electron chi connectivity index (χ0n) is 13.6. The third-order valence-electron chi connectivity index (χ3n) is 3.87. The summed E-state index contributed by atoms with van der Waals surface area (Å²) >= 11 is 7.10. The van der Waals surface area contributed by atoms with Crippen LogP contribution in [0.2, 0.25) is 5.02 Å². The molecule has 26 heavy (non-hydrogen) atoms. The lowest BCUT2D eigenvalue weighted by molar-refractivity contribution is -0.117. The van der Waals surface area contributed by atoms with Crippen LogP contribution in [0.5, 0.6) is 0 Å². The highest BCUT2D eigenvalue weighted by molar-refractivity contribution is 8.05. The molecule has 2 aromatic carbocycles. The fourth-order valence-corrected chi connectivity index (χ4v) is 4.10. The molecule has 2 aromatic rings. The van der Waals surface area contributed by atoms with Crippen LogP contribution in [0.4, 0.5) is 5.69 Å². The summed E-state index contributed by atoms with van der Waals surface area (Å²) in [7, 11) is 0. The van der Waals surface area contributed by atoms with E-state index in [0.717, 1.165) is 5.56 Å². The number of nitriles is 1. The number of nitrogens with zero attached hydrogens (tertiary/aromatic N) is 2. The van der Waals surface area contributed by atoms with E-state index in [-0.39, 0.29) is 16.5 Å². The molecule has 2 amide bonds. The average molecular weight is 384 g/mol. The second-order valence-corrected chi connectivity index (χ2v) is 7.23. The van der Waals surface area contributed by atoms with E-state index in [2.05, 4.69) is 0 Å². The van der Waals surface area contributed by atoms with Gasteiger partial charge in [0.15, 0.2) is 0 Å². The number of hydrogen-bond acceptors (Lipinski definition) is 4. The van der Waals surface area contributed by atoms with Gasteiger partial charge in [-0.1, -0.05) is 53.7 Å². The van der Waals surface area contributed by atoms with Crippen molar-refractivity contribution in [1.29, 1.82) is 5.26 Å². The van der Waals surface area contributed by atoms with Crippen molar-refractivity contribution in [2.24, 2.45) is 5.73 Å². The van der Waals surface area contributed by atoms with Gasteiger partial charge >= 0.3 is 0 Å². The van der Waals surface area contributed by atoms with E-state index in [1.54, 1.807) is 24.3 Å². The maximum atomic E-state index is 13.0. The van der Waals surface area contributed by atoms with Gasteiger partial charge in [-0.2, -0.15) is 5.26 Å². The van der Waals surface area contributed by atoms with Gasteiger partial charge in [-0.05, 0) is 36.2 Å². The molecule has 1 fully saturated rings. The molecule has 0 unspecified atom stereocenters. The molecular formula is C19H14ClN3O2S. The van der Waals surface area contributed by atoms with Crippen molar-refractivity contribution >= 4 is 40.9 Å². The third kappa shape index (κ3) is 3.59. The Morgan fingerprint density at radius 3 is 2.42 bits per heavy atom. The monoisotopic (exact) mass is 383 g/mol. The maximum Gasteiger partial charge on any atom is 0.262 e. The number of primary amides is 1. The first kappa shape index (κ1) is 18.1. The molecule has 0 bridgehead atoms. The average Bonchev–Trinajstić information content (AvgIpc) is 2.93. The van der Waals surface area contributed by atoms with E-state index in [0.29, 0.717) is 17.1 Å². The smallest absolute Gasteiger partial charge is 0.262 e. The molecule has 0 spiro atoms. The van der Waals surface area contributed by atoms with Crippen molar-refractivity contribution in [2.45, 2.75) is 11.7 Å². The summed E-state index contributed by atoms with van der Waals surface area (Å²) in [6.07, 6.45) is 0.482. The standard InChI is InChI=1S/C19H14ClN3O2S/c20-13-6-8-14(9-7-13)23-18(25)16(10-12-4-2-1-3-5-12)26-19(23)15(11-21)17(22)24/h1-9,16H,10H2,(H2,22,24)/b19-15-/t16-/m1/s1. The fraction of sp³-hybridized carbons (Fsp3) is 0.105. The highest BCUT2D eigenvalue weighted by Crippen LogP contribution is 2.41. The molecule has 1 heterocycles. The molecule has 130 valence electrons. The second-order valence-electron chi connectivity index (χ2n) is 5.60. The molecule has 1 atom stereocenters. The largest absolute Gasteiger partial charge is 0.365 e. The van der Waals surface area contributed by atoms with Crippen molar-refractivity contribution in [3.63, 3.8) is 0 Å². The van der Waals surface area contributed by atoms with E-state index in [4.69, 9.17) is 17.3 Å². The predicted molar refractivity (Wildman–Crippen MR) is 102 cm³/mol. The Bertz CT molecular complexity index is 920. The Morgan fingerprint density at radius 1 is 1.19 bits per heavy atom. The molecule has 5 nitrogen and oxygen atoms in total. The summed E-state index contributed by atoms with van der Waals surface area (Å²) in [6, 6.07) is 18.0. The molecule has 0 saturated carbocycles. The van der Waals surface area contributed by atoms with Gasteiger partial charge in [-0.15, -0.1) is 0 Å². The summed E-state index contributed by atoms with van der Waals surface area (Å²) < 4.78 is 0. The fourth-order valence-electron chi connectivity index (χ4n) is 2.65. The van der Waals surface area contributed by atoms with Crippen molar-refractivity contribution in [1.82, 2.24) is 0 Å². The summed E-state index contributed by atoms with van der Waals surface area (Å²) in [5.41, 5.74) is 6.64. The quantitative estimate of drug-likeness (QED) is 0.648. The Morgan fingerprint density at radius 2 is 1.85 bits per heavy atom. The first-order valence-electron chi connectivity index (χ1n) is 7.75. The normalized spacial score (nSPS) is 18.5. The zero-order valence-corrected chi connectivity index (χ0v) is 15.1. The number of carbonyl (C=O) groups excluding carboxylic acids is 2. The van der Waals surface area contributed by atoms with Gasteiger partial charge in [-0.3, -0.25) is 14.5 Å². The van der Waals surface area contributed by atoms with Gasteiger partial charge in [0.05, 0.1) is 5.25 Å². The molecule has 0 aromatic heterocycles. The number of amides is 2. The number of halogens is 1. The third-order valence-corrected chi connectivity index (χ3v) is 5.39. The topological polar surface area (TPSA) is 87.2 Å². The molecule has 1 aliphatic rings. The van der Waals surface area contributed by atoms with Gasteiger partial charge in [0.1, 0.15) is 16.7 Å². The number of carbonyl (C=O) groups is 2. The zero-order chi connectivity index (χ0) is 18.7. The first-order valence-corrected chi connectivity index (χ1v) is 9.01. The minimum absolute atomic E-state index is 0.204. The van der Waals surface area contributed by atoms with Crippen LogP contribution in [-0.2, 0) is 16.0 Å². The van der Waals surface area contributed by atoms with Crippen LogP contribution in [0.15, 0.2) is 65.2 Å². The molecular weight excluding hydrogens is 370 g/mol. The minimum atomic E-state index is -0.859. The summed E-state index contributed by atoms with van der Waals surface area (Å²) in [5, 5.41) is 9.67. The maximum absolute atomic E-state index is 13.0. The highest BCUT2D eigenvalue weighted by atomic mass is 35.5. The Labute approximate surface area is 160 Å². The molecule has 1 saturated heterocycles. The lowest BCUT2D eigenvalue weighted by Gasteiger charge is -2.18. The van der Waals surface area contributed by atoms with Gasteiger partial charge in [0.2, 0.25) is 5.91 Å². The lowest BCUT2D eigenvalue weighted by atomic mass is 10.1. The summed E-state index contributed by atoms with van der Waals surface area (Å²) in [5.74, 6) is -1.06. The van der Waals surface area contributed by atoms with Crippen molar-refractivity contribution < 1.29 is 9.59 Å². The van der Waals surface area contributed by atoms with Crippen LogP contribution in [0, 0.1) is 11.3 Å². The summed E-state index contributed by atoms with van der Waals surface area (Å²) in [6.45, 7) is 0. The number of rotatable bonds is 4. The van der Waals surface area contributed by atoms with Crippen molar-refractivity contribution in [2.75, 3.05) is 4.90 Å². The van der Waals surface area contributed by atoms with E-state index >= 15 is 0 Å². The van der Waals surface area contributed by atoms with Crippen molar-refractivity contribution in [3.8, 4) is 6.07 Å². The summed E-state index contributed by atoms with van der Waals surface area (Å²) in [4.78, 5) is 26.1. The van der Waals surface area contributed by atoms with Crippen LogP contribution >= 0.6 is 23.4 Å². The molecule has 2 N–H and O–H groups in total. The van der Waals surface area contributed by atoms with Crippen LogP contribution in [0.1, 0.15) is 5.56 Å². The number of thioether (sulfide) groups is 1. The predicted octanol–water partition coefficient (Wildman–Crippen LogP) is 3.25. The van der Waals surface area contributed by atoms with Gasteiger partial charge in [0, 0.05) is 10.7 Å². The number of benzene rings is 2. The first-order chi connectivity index (χ1) is 12.5. The lowest BCUT2D eigenvalue weighted by Crippen LogP contribution is -2.31. The second kappa shape index (κ2) is 7.65. The Balaban J connectivity index is 2.03. The molecule has 0 radical (unpaired) electrons. The Kier molecular flexibility index (Phi) is 5.31. The molecule has 3 rings (SSSR count). The number of hydrogen-bond donors (Lipinski definition) is 1. The van der Waals surface area contributed by atoms with Gasteiger partial charge in [0.25, 0.3) is 5.91 Å². The van der Waals surface area contributed by atoms with Gasteiger partial charge in [-0.25, -0.2) is 0 Å².